The zero-order valence-electron chi connectivity index (χ0n) is 18.3. The highest BCUT2D eigenvalue weighted by Gasteiger charge is 2.30. The predicted molar refractivity (Wildman–Crippen MR) is 119 cm³/mol. The molecule has 1 saturated heterocycles. The lowest BCUT2D eigenvalue weighted by Crippen LogP contribution is -2.45. The van der Waals surface area contributed by atoms with Gasteiger partial charge in [0.15, 0.2) is 5.96 Å². The summed E-state index contributed by atoms with van der Waals surface area (Å²) in [6, 6.07) is 9.16. The maximum absolute atomic E-state index is 12.4. The van der Waals surface area contributed by atoms with Gasteiger partial charge in [0.05, 0.1) is 0 Å². The normalized spacial score (nSPS) is 20.8. The van der Waals surface area contributed by atoms with Crippen LogP contribution in [0.25, 0.3) is 0 Å². The molecule has 2 N–H and O–H groups in total. The van der Waals surface area contributed by atoms with E-state index in [-0.39, 0.29) is 5.91 Å². The molecule has 0 radical (unpaired) electrons. The number of likely N-dealkylation sites (tertiary alicyclic amines) is 1. The third kappa shape index (κ3) is 5.72. The SMILES string of the molecule is CCN(CC)C(=O)c1ccc(CNC(=NC)NC2CCN(C3CCCC3)C2)cc1. The van der Waals surface area contributed by atoms with Crippen molar-refractivity contribution in [1.82, 2.24) is 20.4 Å². The lowest BCUT2D eigenvalue weighted by Gasteiger charge is -2.24. The van der Waals surface area contributed by atoms with E-state index in [1.807, 2.05) is 50.1 Å². The number of carbonyl (C=O) groups is 1. The number of benzene rings is 1. The first-order valence-corrected chi connectivity index (χ1v) is 11.2. The highest BCUT2D eigenvalue weighted by Crippen LogP contribution is 2.26. The molecule has 1 heterocycles. The van der Waals surface area contributed by atoms with Gasteiger partial charge in [0.1, 0.15) is 0 Å². The third-order valence-corrected chi connectivity index (χ3v) is 6.34. The van der Waals surface area contributed by atoms with Gasteiger partial charge in [-0.3, -0.25) is 14.7 Å². The molecule has 1 aromatic rings. The second kappa shape index (κ2) is 10.6. The predicted octanol–water partition coefficient (Wildman–Crippen LogP) is 2.85. The molecule has 160 valence electrons. The Morgan fingerprint density at radius 3 is 2.45 bits per heavy atom. The Balaban J connectivity index is 1.46. The summed E-state index contributed by atoms with van der Waals surface area (Å²) in [4.78, 5) is 21.3. The lowest BCUT2D eigenvalue weighted by molar-refractivity contribution is 0.0773. The first kappa shape index (κ1) is 21.6. The molecule has 2 fully saturated rings. The van der Waals surface area contributed by atoms with Crippen molar-refractivity contribution in [2.75, 3.05) is 33.2 Å². The Labute approximate surface area is 175 Å². The molecule has 1 unspecified atom stereocenters. The average Bonchev–Trinajstić information content (AvgIpc) is 3.44. The van der Waals surface area contributed by atoms with Gasteiger partial charge in [-0.25, -0.2) is 0 Å². The first-order valence-electron chi connectivity index (χ1n) is 11.2. The van der Waals surface area contributed by atoms with Crippen molar-refractivity contribution >= 4 is 11.9 Å². The lowest BCUT2D eigenvalue weighted by atomic mass is 10.1. The van der Waals surface area contributed by atoms with E-state index in [0.29, 0.717) is 12.6 Å². The van der Waals surface area contributed by atoms with Gasteiger partial charge in [-0.15, -0.1) is 0 Å². The van der Waals surface area contributed by atoms with Crippen LogP contribution in [-0.4, -0.2) is 67.0 Å². The molecule has 1 aliphatic carbocycles. The summed E-state index contributed by atoms with van der Waals surface area (Å²) in [7, 11) is 1.82. The molecular weight excluding hydrogens is 362 g/mol. The van der Waals surface area contributed by atoms with Gasteiger partial charge in [-0.2, -0.15) is 0 Å². The number of hydrogen-bond acceptors (Lipinski definition) is 3. The summed E-state index contributed by atoms with van der Waals surface area (Å²) in [5, 5.41) is 7.00. The number of carbonyl (C=O) groups excluding carboxylic acids is 1. The van der Waals surface area contributed by atoms with Crippen LogP contribution in [0.1, 0.15) is 61.9 Å². The topological polar surface area (TPSA) is 60.0 Å². The highest BCUT2D eigenvalue weighted by atomic mass is 16.2. The summed E-state index contributed by atoms with van der Waals surface area (Å²) in [5.74, 6) is 0.951. The Kier molecular flexibility index (Phi) is 7.92. The number of rotatable bonds is 7. The van der Waals surface area contributed by atoms with Crippen LogP contribution in [0.3, 0.4) is 0 Å². The van der Waals surface area contributed by atoms with Gasteiger partial charge in [-0.1, -0.05) is 25.0 Å². The fraction of sp³-hybridized carbons (Fsp3) is 0.652. The van der Waals surface area contributed by atoms with Crippen molar-refractivity contribution in [3.63, 3.8) is 0 Å². The minimum atomic E-state index is 0.0973. The smallest absolute Gasteiger partial charge is 0.253 e. The molecule has 0 aromatic heterocycles. The quantitative estimate of drug-likeness (QED) is 0.547. The molecule has 29 heavy (non-hydrogen) atoms. The van der Waals surface area contributed by atoms with E-state index in [0.717, 1.165) is 42.8 Å². The molecule has 6 heteroatoms. The fourth-order valence-corrected chi connectivity index (χ4v) is 4.54. The maximum atomic E-state index is 12.4. The van der Waals surface area contributed by atoms with Gasteiger partial charge >= 0.3 is 0 Å². The van der Waals surface area contributed by atoms with E-state index in [9.17, 15) is 4.79 Å². The van der Waals surface area contributed by atoms with Crippen LogP contribution in [0.15, 0.2) is 29.3 Å². The molecule has 1 amide bonds. The molecule has 0 bridgehead atoms. The van der Waals surface area contributed by atoms with Crippen LogP contribution in [0, 0.1) is 0 Å². The molecule has 6 nitrogen and oxygen atoms in total. The number of nitrogens with zero attached hydrogens (tertiary/aromatic N) is 3. The minimum Gasteiger partial charge on any atom is -0.352 e. The summed E-state index contributed by atoms with van der Waals surface area (Å²) >= 11 is 0. The van der Waals surface area contributed by atoms with Crippen LogP contribution in [0.4, 0.5) is 0 Å². The second-order valence-electron chi connectivity index (χ2n) is 8.16. The number of hydrogen-bond donors (Lipinski definition) is 2. The van der Waals surface area contributed by atoms with Crippen molar-refractivity contribution in [3.05, 3.63) is 35.4 Å². The number of nitrogens with one attached hydrogen (secondary N) is 2. The van der Waals surface area contributed by atoms with E-state index in [4.69, 9.17) is 0 Å². The van der Waals surface area contributed by atoms with E-state index >= 15 is 0 Å². The molecule has 1 atom stereocenters. The molecule has 1 saturated carbocycles. The largest absolute Gasteiger partial charge is 0.352 e. The van der Waals surface area contributed by atoms with Crippen molar-refractivity contribution in [2.45, 2.75) is 64.6 Å². The second-order valence-corrected chi connectivity index (χ2v) is 8.16. The zero-order chi connectivity index (χ0) is 20.6. The summed E-state index contributed by atoms with van der Waals surface area (Å²) in [5.41, 5.74) is 1.89. The highest BCUT2D eigenvalue weighted by molar-refractivity contribution is 5.94. The molecule has 1 aromatic carbocycles. The maximum Gasteiger partial charge on any atom is 0.253 e. The van der Waals surface area contributed by atoms with E-state index < -0.39 is 0 Å². The summed E-state index contributed by atoms with van der Waals surface area (Å²) in [6.07, 6.45) is 6.70. The monoisotopic (exact) mass is 399 g/mol. The Morgan fingerprint density at radius 2 is 1.83 bits per heavy atom. The van der Waals surface area contributed by atoms with Gasteiger partial charge in [0, 0.05) is 57.4 Å². The van der Waals surface area contributed by atoms with Crippen LogP contribution < -0.4 is 10.6 Å². The number of guanidine groups is 1. The Hall–Kier alpha value is -2.08. The van der Waals surface area contributed by atoms with Crippen molar-refractivity contribution < 1.29 is 4.79 Å². The molecule has 3 rings (SSSR count). The third-order valence-electron chi connectivity index (χ3n) is 6.34. The Morgan fingerprint density at radius 1 is 1.14 bits per heavy atom. The van der Waals surface area contributed by atoms with E-state index in [1.54, 1.807) is 0 Å². The minimum absolute atomic E-state index is 0.0973. The van der Waals surface area contributed by atoms with Crippen LogP contribution in [0.2, 0.25) is 0 Å². The van der Waals surface area contributed by atoms with Crippen LogP contribution in [0.5, 0.6) is 0 Å². The fourth-order valence-electron chi connectivity index (χ4n) is 4.54. The van der Waals surface area contributed by atoms with Gasteiger partial charge in [0.2, 0.25) is 0 Å². The van der Waals surface area contributed by atoms with Gasteiger partial charge in [0.25, 0.3) is 5.91 Å². The molecular formula is C23H37N5O. The van der Waals surface area contributed by atoms with Crippen molar-refractivity contribution in [1.29, 1.82) is 0 Å². The van der Waals surface area contributed by atoms with Gasteiger partial charge in [-0.05, 0) is 50.8 Å². The molecule has 1 aliphatic heterocycles. The Bertz CT molecular complexity index is 677. The van der Waals surface area contributed by atoms with Crippen molar-refractivity contribution in [2.24, 2.45) is 4.99 Å². The van der Waals surface area contributed by atoms with E-state index in [1.165, 1.54) is 38.6 Å². The zero-order valence-corrected chi connectivity index (χ0v) is 18.3. The van der Waals surface area contributed by atoms with Crippen LogP contribution >= 0.6 is 0 Å². The van der Waals surface area contributed by atoms with Gasteiger partial charge < -0.3 is 15.5 Å². The summed E-state index contributed by atoms with van der Waals surface area (Å²) in [6.45, 7) is 8.50. The first-order chi connectivity index (χ1) is 14.1. The van der Waals surface area contributed by atoms with Crippen molar-refractivity contribution in [3.8, 4) is 0 Å². The number of amides is 1. The van der Waals surface area contributed by atoms with E-state index in [2.05, 4.69) is 20.5 Å². The standard InChI is InChI=1S/C23H37N5O/c1-4-27(5-2)22(29)19-12-10-18(11-13-19)16-25-23(24-3)26-20-14-15-28(17-20)21-8-6-7-9-21/h10-13,20-21H,4-9,14-17H2,1-3H3,(H2,24,25,26). The summed E-state index contributed by atoms with van der Waals surface area (Å²) < 4.78 is 0. The molecule has 2 aliphatic rings. The molecule has 0 spiro atoms. The average molecular weight is 400 g/mol. The van der Waals surface area contributed by atoms with Crippen LogP contribution in [-0.2, 0) is 6.54 Å². The number of aliphatic imine (C=N–C) groups is 1.